The summed E-state index contributed by atoms with van der Waals surface area (Å²) in [7, 11) is 0. The molecule has 0 aromatic heterocycles. The van der Waals surface area contributed by atoms with Crippen LogP contribution in [0.1, 0.15) is 29.3 Å². The van der Waals surface area contributed by atoms with E-state index in [1.807, 2.05) is 43.0 Å². The number of nitrogens with zero attached hydrogens (tertiary/aromatic N) is 1. The number of rotatable bonds is 3. The molecule has 1 aliphatic rings. The van der Waals surface area contributed by atoms with Gasteiger partial charge in [0.1, 0.15) is 0 Å². The molecule has 0 saturated carbocycles. The molecule has 1 fully saturated rings. The van der Waals surface area contributed by atoms with Crippen LogP contribution in [-0.2, 0) is 0 Å². The minimum atomic E-state index is -0.275. The van der Waals surface area contributed by atoms with Gasteiger partial charge in [-0.25, -0.2) is 0 Å². The Morgan fingerprint density at radius 1 is 1.41 bits per heavy atom. The minimum absolute atomic E-state index is 0.138. The Labute approximate surface area is 102 Å². The van der Waals surface area contributed by atoms with Crippen molar-refractivity contribution in [2.24, 2.45) is 0 Å². The van der Waals surface area contributed by atoms with Crippen molar-refractivity contribution in [1.82, 2.24) is 4.90 Å². The smallest absolute Gasteiger partial charge is 0.179 e. The van der Waals surface area contributed by atoms with Crippen molar-refractivity contribution in [2.75, 3.05) is 13.1 Å². The zero-order valence-corrected chi connectivity index (χ0v) is 10.4. The Hall–Kier alpha value is -1.19. The molecule has 1 aromatic carbocycles. The predicted molar refractivity (Wildman–Crippen MR) is 67.2 cm³/mol. The lowest BCUT2D eigenvalue weighted by atomic mass is 10.0. The van der Waals surface area contributed by atoms with Crippen molar-refractivity contribution >= 4 is 5.78 Å². The normalized spacial score (nSPS) is 22.6. The summed E-state index contributed by atoms with van der Waals surface area (Å²) in [5, 5.41) is 9.48. The van der Waals surface area contributed by atoms with Gasteiger partial charge in [0.15, 0.2) is 5.78 Å². The van der Waals surface area contributed by atoms with E-state index in [-0.39, 0.29) is 17.9 Å². The third kappa shape index (κ3) is 2.73. The van der Waals surface area contributed by atoms with Gasteiger partial charge in [0, 0.05) is 18.7 Å². The third-order valence-electron chi connectivity index (χ3n) is 3.46. The summed E-state index contributed by atoms with van der Waals surface area (Å²) in [6, 6.07) is 7.52. The number of hydrogen-bond donors (Lipinski definition) is 1. The van der Waals surface area contributed by atoms with E-state index in [1.54, 1.807) is 0 Å². The van der Waals surface area contributed by atoms with Crippen molar-refractivity contribution in [2.45, 2.75) is 32.4 Å². The number of hydrogen-bond acceptors (Lipinski definition) is 3. The van der Waals surface area contributed by atoms with E-state index in [4.69, 9.17) is 0 Å². The molecular formula is C14H19NO2. The van der Waals surface area contributed by atoms with Gasteiger partial charge in [-0.05, 0) is 20.3 Å². The summed E-state index contributed by atoms with van der Waals surface area (Å²) in [6.45, 7) is 5.34. The highest BCUT2D eigenvalue weighted by Gasteiger charge is 2.28. The van der Waals surface area contributed by atoms with Crippen LogP contribution in [0, 0.1) is 6.92 Å². The molecule has 1 aromatic rings. The average molecular weight is 233 g/mol. The zero-order valence-electron chi connectivity index (χ0n) is 10.4. The maximum atomic E-state index is 12.2. The Morgan fingerprint density at radius 2 is 2.06 bits per heavy atom. The van der Waals surface area contributed by atoms with Gasteiger partial charge in [-0.1, -0.05) is 29.8 Å². The second kappa shape index (κ2) is 4.98. The average Bonchev–Trinajstić information content (AvgIpc) is 2.75. The molecule has 2 unspecified atom stereocenters. The van der Waals surface area contributed by atoms with Gasteiger partial charge in [0.2, 0.25) is 0 Å². The van der Waals surface area contributed by atoms with Crippen molar-refractivity contribution in [3.8, 4) is 0 Å². The number of β-amino-alcohol motifs (C(OH)–C–C–N with tert-alkyl or cyclic N) is 1. The summed E-state index contributed by atoms with van der Waals surface area (Å²) in [6.07, 6.45) is 0.495. The van der Waals surface area contributed by atoms with Gasteiger partial charge in [-0.2, -0.15) is 0 Å². The van der Waals surface area contributed by atoms with Gasteiger partial charge in [-0.15, -0.1) is 0 Å². The summed E-state index contributed by atoms with van der Waals surface area (Å²) < 4.78 is 0. The second-order valence-corrected chi connectivity index (χ2v) is 4.84. The molecule has 0 radical (unpaired) electrons. The number of carbonyl (C=O) groups excluding carboxylic acids is 1. The van der Waals surface area contributed by atoms with E-state index in [1.165, 1.54) is 0 Å². The van der Waals surface area contributed by atoms with E-state index in [0.717, 1.165) is 24.1 Å². The molecule has 1 heterocycles. The number of aliphatic hydroxyl groups excluding tert-OH is 1. The largest absolute Gasteiger partial charge is 0.392 e. The van der Waals surface area contributed by atoms with Crippen LogP contribution in [0.15, 0.2) is 24.3 Å². The van der Waals surface area contributed by atoms with E-state index in [9.17, 15) is 9.90 Å². The minimum Gasteiger partial charge on any atom is -0.392 e. The van der Waals surface area contributed by atoms with Crippen LogP contribution in [0.2, 0.25) is 0 Å². The van der Waals surface area contributed by atoms with Crippen LogP contribution in [-0.4, -0.2) is 41.0 Å². The van der Waals surface area contributed by atoms with Gasteiger partial charge >= 0.3 is 0 Å². The molecule has 1 N–H and O–H groups in total. The lowest BCUT2D eigenvalue weighted by molar-refractivity contribution is 0.0847. The van der Waals surface area contributed by atoms with E-state index in [2.05, 4.69) is 0 Å². The van der Waals surface area contributed by atoms with Gasteiger partial charge in [-0.3, -0.25) is 9.69 Å². The molecule has 0 bridgehead atoms. The van der Waals surface area contributed by atoms with E-state index >= 15 is 0 Å². The van der Waals surface area contributed by atoms with E-state index in [0.29, 0.717) is 6.54 Å². The van der Waals surface area contributed by atoms with Crippen LogP contribution >= 0.6 is 0 Å². The lowest BCUT2D eigenvalue weighted by Gasteiger charge is -2.22. The van der Waals surface area contributed by atoms with Gasteiger partial charge in [0.05, 0.1) is 12.1 Å². The Kier molecular flexibility index (Phi) is 3.60. The Bertz CT molecular complexity index is 399. The summed E-state index contributed by atoms with van der Waals surface area (Å²) >= 11 is 0. The molecule has 2 atom stereocenters. The summed E-state index contributed by atoms with van der Waals surface area (Å²) in [4.78, 5) is 14.3. The first-order chi connectivity index (χ1) is 8.08. The number of benzene rings is 1. The molecule has 92 valence electrons. The highest BCUT2D eigenvalue weighted by molar-refractivity contribution is 5.99. The van der Waals surface area contributed by atoms with Crippen molar-refractivity contribution in [3.05, 3.63) is 35.4 Å². The van der Waals surface area contributed by atoms with Crippen LogP contribution < -0.4 is 0 Å². The van der Waals surface area contributed by atoms with Gasteiger partial charge in [0.25, 0.3) is 0 Å². The molecule has 1 aliphatic heterocycles. The fourth-order valence-electron chi connectivity index (χ4n) is 2.24. The van der Waals surface area contributed by atoms with Gasteiger partial charge < -0.3 is 5.11 Å². The Morgan fingerprint density at radius 3 is 2.59 bits per heavy atom. The van der Waals surface area contributed by atoms with E-state index < -0.39 is 0 Å². The topological polar surface area (TPSA) is 40.5 Å². The molecule has 1 saturated heterocycles. The SMILES string of the molecule is Cc1ccc(C(=O)C(C)N2CCC(O)C2)cc1. The number of ketones is 1. The first-order valence-corrected chi connectivity index (χ1v) is 6.11. The highest BCUT2D eigenvalue weighted by Crippen LogP contribution is 2.16. The van der Waals surface area contributed by atoms with Crippen LogP contribution in [0.5, 0.6) is 0 Å². The lowest BCUT2D eigenvalue weighted by Crippen LogP contribution is -2.37. The van der Waals surface area contributed by atoms with Crippen LogP contribution in [0.4, 0.5) is 0 Å². The molecule has 0 amide bonds. The monoisotopic (exact) mass is 233 g/mol. The Balaban J connectivity index is 2.06. The molecule has 2 rings (SSSR count). The summed E-state index contributed by atoms with van der Waals surface area (Å²) in [5.74, 6) is 0.138. The maximum absolute atomic E-state index is 12.2. The molecule has 17 heavy (non-hydrogen) atoms. The second-order valence-electron chi connectivity index (χ2n) is 4.84. The number of aryl methyl sites for hydroxylation is 1. The van der Waals surface area contributed by atoms with Crippen molar-refractivity contribution in [3.63, 3.8) is 0 Å². The molecule has 0 spiro atoms. The fourth-order valence-corrected chi connectivity index (χ4v) is 2.24. The number of carbonyl (C=O) groups is 1. The molecular weight excluding hydrogens is 214 g/mol. The standard InChI is InChI=1S/C14H19NO2/c1-10-3-5-12(6-4-10)14(17)11(2)15-8-7-13(16)9-15/h3-6,11,13,16H,7-9H2,1-2H3. The number of likely N-dealkylation sites (tertiary alicyclic amines) is 1. The van der Waals surface area contributed by atoms with Crippen LogP contribution in [0.25, 0.3) is 0 Å². The van der Waals surface area contributed by atoms with Crippen molar-refractivity contribution in [1.29, 1.82) is 0 Å². The van der Waals surface area contributed by atoms with Crippen molar-refractivity contribution < 1.29 is 9.90 Å². The zero-order chi connectivity index (χ0) is 12.4. The fraction of sp³-hybridized carbons (Fsp3) is 0.500. The first kappa shape index (κ1) is 12.3. The number of aliphatic hydroxyl groups is 1. The highest BCUT2D eigenvalue weighted by atomic mass is 16.3. The third-order valence-corrected chi connectivity index (χ3v) is 3.46. The molecule has 0 aliphatic carbocycles. The summed E-state index contributed by atoms with van der Waals surface area (Å²) in [5.41, 5.74) is 1.91. The van der Waals surface area contributed by atoms with Crippen LogP contribution in [0.3, 0.4) is 0 Å². The number of Topliss-reactive ketones (excluding diaryl/α,β-unsaturated/α-hetero) is 1. The quantitative estimate of drug-likeness (QED) is 0.807. The molecule has 3 heteroatoms. The predicted octanol–water partition coefficient (Wildman–Crippen LogP) is 1.63. The molecule has 3 nitrogen and oxygen atoms in total. The first-order valence-electron chi connectivity index (χ1n) is 6.11. The maximum Gasteiger partial charge on any atom is 0.179 e.